The molecule has 1 saturated heterocycles. The smallest absolute Gasteiger partial charge is 0.255 e. The lowest BCUT2D eigenvalue weighted by molar-refractivity contribution is 0.0570. The van der Waals surface area contributed by atoms with E-state index < -0.39 is 0 Å². The van der Waals surface area contributed by atoms with Gasteiger partial charge in [-0.25, -0.2) is 4.98 Å². The van der Waals surface area contributed by atoms with E-state index in [4.69, 9.17) is 4.74 Å². The minimum atomic E-state index is 0.0866. The van der Waals surface area contributed by atoms with Crippen LogP contribution in [0, 0.1) is 5.92 Å². The Balaban J connectivity index is 1.58. The number of likely N-dealkylation sites (tertiary alicyclic amines) is 1. The standard InChI is InChI=1S/C17H25N3O2/c1-22-12-13-4-3-9-20(11-13)17(21)14-7-8-16(18-10-14)19-15-5-2-6-15/h7-8,10,13,15H,2-6,9,11-12H2,1H3,(H,18,19)/t13-/m0/s1. The molecule has 0 radical (unpaired) electrons. The predicted octanol–water partition coefficient (Wildman–Crippen LogP) is 2.54. The van der Waals surface area contributed by atoms with E-state index in [9.17, 15) is 4.79 Å². The van der Waals surface area contributed by atoms with Crippen molar-refractivity contribution in [2.75, 3.05) is 32.1 Å². The van der Waals surface area contributed by atoms with Crippen LogP contribution in [-0.4, -0.2) is 48.6 Å². The number of carbonyl (C=O) groups excluding carboxylic acids is 1. The molecular weight excluding hydrogens is 278 g/mol. The number of nitrogens with one attached hydrogen (secondary N) is 1. The molecule has 1 aromatic rings. The first-order valence-electron chi connectivity index (χ1n) is 8.27. The quantitative estimate of drug-likeness (QED) is 0.908. The van der Waals surface area contributed by atoms with E-state index in [2.05, 4.69) is 10.3 Å². The number of aromatic nitrogens is 1. The fraction of sp³-hybridized carbons (Fsp3) is 0.647. The summed E-state index contributed by atoms with van der Waals surface area (Å²) >= 11 is 0. The summed E-state index contributed by atoms with van der Waals surface area (Å²) in [5.74, 6) is 1.41. The van der Waals surface area contributed by atoms with Gasteiger partial charge in [-0.3, -0.25) is 4.79 Å². The van der Waals surface area contributed by atoms with Crippen LogP contribution < -0.4 is 5.32 Å². The fourth-order valence-corrected chi connectivity index (χ4v) is 3.17. The van der Waals surface area contributed by atoms with Crippen molar-refractivity contribution in [3.63, 3.8) is 0 Å². The number of nitrogens with zero attached hydrogens (tertiary/aromatic N) is 2. The van der Waals surface area contributed by atoms with Crippen LogP contribution in [0.3, 0.4) is 0 Å². The Bertz CT molecular complexity index is 497. The third-order valence-corrected chi connectivity index (χ3v) is 4.68. The Hall–Kier alpha value is -1.62. The molecule has 2 heterocycles. The number of rotatable bonds is 5. The van der Waals surface area contributed by atoms with E-state index in [0.29, 0.717) is 17.5 Å². The average Bonchev–Trinajstić information content (AvgIpc) is 2.51. The molecule has 1 atom stereocenters. The van der Waals surface area contributed by atoms with Crippen LogP contribution in [0.2, 0.25) is 0 Å². The lowest BCUT2D eigenvalue weighted by atomic mass is 9.93. The molecule has 1 amide bonds. The number of ether oxygens (including phenoxy) is 1. The number of pyridine rings is 1. The Morgan fingerprint density at radius 3 is 2.86 bits per heavy atom. The van der Waals surface area contributed by atoms with Gasteiger partial charge in [0, 0.05) is 32.4 Å². The van der Waals surface area contributed by atoms with Gasteiger partial charge in [0.2, 0.25) is 0 Å². The van der Waals surface area contributed by atoms with Gasteiger partial charge in [-0.15, -0.1) is 0 Å². The maximum atomic E-state index is 12.6. The van der Waals surface area contributed by atoms with E-state index in [1.807, 2.05) is 17.0 Å². The highest BCUT2D eigenvalue weighted by Gasteiger charge is 2.24. The number of hydrogen-bond donors (Lipinski definition) is 1. The Kier molecular flexibility index (Phi) is 4.93. The van der Waals surface area contributed by atoms with Crippen LogP contribution >= 0.6 is 0 Å². The van der Waals surface area contributed by atoms with Crippen LogP contribution in [0.25, 0.3) is 0 Å². The monoisotopic (exact) mass is 303 g/mol. The molecule has 0 unspecified atom stereocenters. The van der Waals surface area contributed by atoms with Crippen molar-refractivity contribution in [1.82, 2.24) is 9.88 Å². The number of amides is 1. The third-order valence-electron chi connectivity index (χ3n) is 4.68. The van der Waals surface area contributed by atoms with Gasteiger partial charge in [0.15, 0.2) is 0 Å². The number of anilines is 1. The average molecular weight is 303 g/mol. The van der Waals surface area contributed by atoms with Crippen LogP contribution in [-0.2, 0) is 4.74 Å². The first-order valence-corrected chi connectivity index (χ1v) is 8.27. The summed E-state index contributed by atoms with van der Waals surface area (Å²) in [6.07, 6.45) is 7.62. The van der Waals surface area contributed by atoms with Crippen molar-refractivity contribution in [3.05, 3.63) is 23.9 Å². The summed E-state index contributed by atoms with van der Waals surface area (Å²) in [5.41, 5.74) is 0.678. The van der Waals surface area contributed by atoms with Gasteiger partial charge in [-0.1, -0.05) is 0 Å². The van der Waals surface area contributed by atoms with Gasteiger partial charge in [0.1, 0.15) is 5.82 Å². The normalized spacial score (nSPS) is 22.2. The number of carbonyl (C=O) groups is 1. The third kappa shape index (κ3) is 3.58. The molecule has 22 heavy (non-hydrogen) atoms. The number of hydrogen-bond acceptors (Lipinski definition) is 4. The SMILES string of the molecule is COC[C@H]1CCCN(C(=O)c2ccc(NC3CCC3)nc2)C1. The van der Waals surface area contributed by atoms with Crippen LogP contribution in [0.1, 0.15) is 42.5 Å². The summed E-state index contributed by atoms with van der Waals surface area (Å²) in [6.45, 7) is 2.35. The second kappa shape index (κ2) is 7.09. The number of piperidine rings is 1. The summed E-state index contributed by atoms with van der Waals surface area (Å²) in [6, 6.07) is 4.37. The van der Waals surface area contributed by atoms with Crippen molar-refractivity contribution in [2.45, 2.75) is 38.1 Å². The van der Waals surface area contributed by atoms with Gasteiger partial charge in [0.05, 0.1) is 12.2 Å². The molecule has 1 N–H and O–H groups in total. The van der Waals surface area contributed by atoms with Crippen molar-refractivity contribution >= 4 is 11.7 Å². The molecule has 5 nitrogen and oxygen atoms in total. The van der Waals surface area contributed by atoms with Crippen LogP contribution in [0.4, 0.5) is 5.82 Å². The van der Waals surface area contributed by atoms with Gasteiger partial charge < -0.3 is 15.0 Å². The molecular formula is C17H25N3O2. The molecule has 1 saturated carbocycles. The van der Waals surface area contributed by atoms with E-state index in [1.54, 1.807) is 13.3 Å². The summed E-state index contributed by atoms with van der Waals surface area (Å²) in [5, 5.41) is 3.40. The molecule has 2 fully saturated rings. The highest BCUT2D eigenvalue weighted by molar-refractivity contribution is 5.94. The van der Waals surface area contributed by atoms with Crippen molar-refractivity contribution < 1.29 is 9.53 Å². The summed E-state index contributed by atoms with van der Waals surface area (Å²) in [7, 11) is 1.72. The first kappa shape index (κ1) is 15.3. The van der Waals surface area contributed by atoms with Gasteiger partial charge in [-0.2, -0.15) is 0 Å². The molecule has 1 aromatic heterocycles. The zero-order valence-corrected chi connectivity index (χ0v) is 13.3. The van der Waals surface area contributed by atoms with Crippen LogP contribution in [0.5, 0.6) is 0 Å². The zero-order valence-electron chi connectivity index (χ0n) is 13.3. The zero-order chi connectivity index (χ0) is 15.4. The minimum absolute atomic E-state index is 0.0866. The summed E-state index contributed by atoms with van der Waals surface area (Å²) in [4.78, 5) is 18.9. The molecule has 0 spiro atoms. The van der Waals surface area contributed by atoms with E-state index in [1.165, 1.54) is 19.3 Å². The van der Waals surface area contributed by atoms with Crippen molar-refractivity contribution in [2.24, 2.45) is 5.92 Å². The maximum absolute atomic E-state index is 12.6. The Morgan fingerprint density at radius 1 is 1.36 bits per heavy atom. The topological polar surface area (TPSA) is 54.5 Å². The molecule has 120 valence electrons. The van der Waals surface area contributed by atoms with E-state index in [-0.39, 0.29) is 5.91 Å². The molecule has 3 rings (SSSR count). The number of methoxy groups -OCH3 is 1. The van der Waals surface area contributed by atoms with Gasteiger partial charge in [0.25, 0.3) is 5.91 Å². The van der Waals surface area contributed by atoms with E-state index in [0.717, 1.165) is 38.4 Å². The Labute approximate surface area is 132 Å². The Morgan fingerprint density at radius 2 is 2.23 bits per heavy atom. The van der Waals surface area contributed by atoms with Crippen molar-refractivity contribution in [1.29, 1.82) is 0 Å². The maximum Gasteiger partial charge on any atom is 0.255 e. The van der Waals surface area contributed by atoms with Crippen molar-refractivity contribution in [3.8, 4) is 0 Å². The summed E-state index contributed by atoms with van der Waals surface area (Å²) < 4.78 is 5.23. The molecule has 1 aliphatic heterocycles. The van der Waals surface area contributed by atoms with Gasteiger partial charge in [-0.05, 0) is 50.2 Å². The largest absolute Gasteiger partial charge is 0.384 e. The molecule has 0 aromatic carbocycles. The fourth-order valence-electron chi connectivity index (χ4n) is 3.17. The molecule has 2 aliphatic rings. The molecule has 1 aliphatic carbocycles. The lowest BCUT2D eigenvalue weighted by Crippen LogP contribution is -2.41. The lowest BCUT2D eigenvalue weighted by Gasteiger charge is -2.32. The molecule has 0 bridgehead atoms. The first-order chi connectivity index (χ1) is 10.8. The van der Waals surface area contributed by atoms with Gasteiger partial charge >= 0.3 is 0 Å². The predicted molar refractivity (Wildman–Crippen MR) is 86.0 cm³/mol. The second-order valence-corrected chi connectivity index (χ2v) is 6.42. The second-order valence-electron chi connectivity index (χ2n) is 6.42. The van der Waals surface area contributed by atoms with Crippen LogP contribution in [0.15, 0.2) is 18.3 Å². The molecule has 5 heteroatoms. The highest BCUT2D eigenvalue weighted by atomic mass is 16.5. The minimum Gasteiger partial charge on any atom is -0.384 e. The highest BCUT2D eigenvalue weighted by Crippen LogP contribution is 2.23. The van der Waals surface area contributed by atoms with E-state index >= 15 is 0 Å².